The second-order valence-corrected chi connectivity index (χ2v) is 8.92. The lowest BCUT2D eigenvalue weighted by Crippen LogP contribution is -2.38. The van der Waals surface area contributed by atoms with Crippen LogP contribution in [0.1, 0.15) is 29.3 Å². The number of carbonyl (C=O) groups is 1. The Balaban J connectivity index is 1.44. The topological polar surface area (TPSA) is 65.0 Å². The van der Waals surface area contributed by atoms with Gasteiger partial charge in [0.05, 0.1) is 25.9 Å². The normalized spacial score (nSPS) is 14.9. The first-order valence-electron chi connectivity index (χ1n) is 12.4. The van der Waals surface area contributed by atoms with E-state index in [4.69, 9.17) is 14.2 Å². The standard InChI is InChI=1S/C30H31N3O4/c1-35-24-14-15-26(28(20-24)36-2)31-30(34)33-18-8-17-32-16-7-13-27(32)29(33)23-11-6-12-25(19-23)37-21-22-9-4-3-5-10-22/h3-7,9-16,19-20,29H,8,17-18,21H2,1-2H3,(H,31,34). The van der Waals surface area contributed by atoms with Gasteiger partial charge in [-0.3, -0.25) is 0 Å². The number of ether oxygens (including phenoxy) is 3. The summed E-state index contributed by atoms with van der Waals surface area (Å²) in [7, 11) is 3.18. The van der Waals surface area contributed by atoms with Gasteiger partial charge in [0, 0.05) is 31.0 Å². The average Bonchev–Trinajstić information content (AvgIpc) is 3.32. The molecular weight excluding hydrogens is 466 g/mol. The van der Waals surface area contributed by atoms with Crippen LogP contribution in [-0.4, -0.2) is 36.3 Å². The number of aromatic nitrogens is 1. The molecule has 1 N–H and O–H groups in total. The number of nitrogens with one attached hydrogen (secondary N) is 1. The Morgan fingerprint density at radius 1 is 0.892 bits per heavy atom. The highest BCUT2D eigenvalue weighted by Crippen LogP contribution is 2.35. The van der Waals surface area contributed by atoms with Crippen LogP contribution in [0, 0.1) is 0 Å². The molecule has 190 valence electrons. The molecule has 0 bridgehead atoms. The number of carbonyl (C=O) groups excluding carboxylic acids is 1. The Hall–Kier alpha value is -4.39. The number of rotatable bonds is 7. The van der Waals surface area contributed by atoms with E-state index in [-0.39, 0.29) is 12.1 Å². The van der Waals surface area contributed by atoms with Gasteiger partial charge in [-0.1, -0.05) is 42.5 Å². The molecule has 2 heterocycles. The lowest BCUT2D eigenvalue weighted by Gasteiger charge is -2.31. The SMILES string of the molecule is COc1ccc(NC(=O)N2CCCn3cccc3C2c2cccc(OCc3ccccc3)c2)c(OC)c1. The van der Waals surface area contributed by atoms with Crippen molar-refractivity contribution in [3.8, 4) is 17.2 Å². The van der Waals surface area contributed by atoms with E-state index >= 15 is 0 Å². The number of fused-ring (bicyclic) bond motifs is 1. The average molecular weight is 498 g/mol. The summed E-state index contributed by atoms with van der Waals surface area (Å²) in [4.78, 5) is 15.6. The van der Waals surface area contributed by atoms with E-state index in [1.165, 1.54) is 0 Å². The maximum Gasteiger partial charge on any atom is 0.322 e. The van der Waals surface area contributed by atoms with Gasteiger partial charge in [0.2, 0.25) is 0 Å². The summed E-state index contributed by atoms with van der Waals surface area (Å²) in [6, 6.07) is 27.1. The third-order valence-corrected chi connectivity index (χ3v) is 6.59. The highest BCUT2D eigenvalue weighted by molar-refractivity contribution is 5.91. The number of benzene rings is 3. The van der Waals surface area contributed by atoms with Gasteiger partial charge in [0.15, 0.2) is 0 Å². The monoisotopic (exact) mass is 497 g/mol. The molecule has 4 aromatic rings. The molecule has 0 saturated carbocycles. The van der Waals surface area contributed by atoms with Crippen LogP contribution in [0.5, 0.6) is 17.2 Å². The van der Waals surface area contributed by atoms with Gasteiger partial charge < -0.3 is 29.0 Å². The van der Waals surface area contributed by atoms with E-state index < -0.39 is 0 Å². The van der Waals surface area contributed by atoms with Crippen molar-refractivity contribution in [2.24, 2.45) is 0 Å². The number of nitrogens with zero attached hydrogens (tertiary/aromatic N) is 2. The van der Waals surface area contributed by atoms with Crippen molar-refractivity contribution in [1.82, 2.24) is 9.47 Å². The summed E-state index contributed by atoms with van der Waals surface area (Å²) in [5, 5.41) is 3.06. The summed E-state index contributed by atoms with van der Waals surface area (Å²) >= 11 is 0. The van der Waals surface area contributed by atoms with E-state index in [0.29, 0.717) is 30.3 Å². The number of anilines is 1. The van der Waals surface area contributed by atoms with Gasteiger partial charge >= 0.3 is 6.03 Å². The molecule has 0 fully saturated rings. The fraction of sp³-hybridized carbons (Fsp3) is 0.233. The van der Waals surface area contributed by atoms with Gasteiger partial charge in [-0.25, -0.2) is 4.79 Å². The lowest BCUT2D eigenvalue weighted by molar-refractivity contribution is 0.199. The summed E-state index contributed by atoms with van der Waals surface area (Å²) in [5.74, 6) is 1.97. The van der Waals surface area contributed by atoms with Crippen LogP contribution in [0.3, 0.4) is 0 Å². The second kappa shape index (κ2) is 11.1. The predicted molar refractivity (Wildman–Crippen MR) is 143 cm³/mol. The molecule has 1 aromatic heterocycles. The Morgan fingerprint density at radius 3 is 2.57 bits per heavy atom. The molecule has 7 nitrogen and oxygen atoms in total. The molecule has 1 aliphatic rings. The van der Waals surface area contributed by atoms with Gasteiger partial charge in [-0.05, 0) is 53.9 Å². The Morgan fingerprint density at radius 2 is 1.76 bits per heavy atom. The molecule has 1 atom stereocenters. The maximum atomic E-state index is 13.7. The summed E-state index contributed by atoms with van der Waals surface area (Å²) in [5.41, 5.74) is 3.75. The van der Waals surface area contributed by atoms with Crippen molar-refractivity contribution in [1.29, 1.82) is 0 Å². The van der Waals surface area contributed by atoms with E-state index in [0.717, 1.165) is 35.5 Å². The molecule has 7 heteroatoms. The Bertz CT molecular complexity index is 1350. The molecule has 37 heavy (non-hydrogen) atoms. The van der Waals surface area contributed by atoms with E-state index in [1.807, 2.05) is 59.5 Å². The highest BCUT2D eigenvalue weighted by atomic mass is 16.5. The van der Waals surface area contributed by atoms with Gasteiger partial charge in [0.1, 0.15) is 23.9 Å². The first-order valence-corrected chi connectivity index (χ1v) is 12.4. The minimum atomic E-state index is -0.276. The lowest BCUT2D eigenvalue weighted by atomic mass is 10.0. The fourth-order valence-electron chi connectivity index (χ4n) is 4.75. The third kappa shape index (κ3) is 5.40. The maximum absolute atomic E-state index is 13.7. The van der Waals surface area contributed by atoms with Crippen molar-refractivity contribution < 1.29 is 19.0 Å². The Kier molecular flexibility index (Phi) is 7.31. The zero-order valence-corrected chi connectivity index (χ0v) is 21.1. The molecule has 1 unspecified atom stereocenters. The number of hydrogen-bond donors (Lipinski definition) is 1. The fourth-order valence-corrected chi connectivity index (χ4v) is 4.75. The minimum absolute atomic E-state index is 0.196. The van der Waals surface area contributed by atoms with Gasteiger partial charge in [-0.15, -0.1) is 0 Å². The van der Waals surface area contributed by atoms with Crippen LogP contribution in [0.15, 0.2) is 91.1 Å². The molecule has 2 amide bonds. The third-order valence-electron chi connectivity index (χ3n) is 6.59. The van der Waals surface area contributed by atoms with E-state index in [9.17, 15) is 4.79 Å². The molecule has 0 spiro atoms. The van der Waals surface area contributed by atoms with Crippen LogP contribution < -0.4 is 19.5 Å². The molecule has 5 rings (SSSR count). The second-order valence-electron chi connectivity index (χ2n) is 8.92. The van der Waals surface area contributed by atoms with E-state index in [2.05, 4.69) is 28.2 Å². The molecule has 0 aliphatic carbocycles. The number of hydrogen-bond acceptors (Lipinski definition) is 4. The van der Waals surface area contributed by atoms with E-state index in [1.54, 1.807) is 32.4 Å². The largest absolute Gasteiger partial charge is 0.497 e. The molecule has 3 aromatic carbocycles. The molecule has 0 saturated heterocycles. The van der Waals surface area contributed by atoms with Crippen molar-refractivity contribution in [3.63, 3.8) is 0 Å². The smallest absolute Gasteiger partial charge is 0.322 e. The first kappa shape index (κ1) is 24.3. The van der Waals surface area contributed by atoms with Crippen molar-refractivity contribution >= 4 is 11.7 Å². The van der Waals surface area contributed by atoms with Crippen LogP contribution in [0.25, 0.3) is 0 Å². The van der Waals surface area contributed by atoms with Crippen molar-refractivity contribution in [2.45, 2.75) is 25.6 Å². The van der Waals surface area contributed by atoms with Crippen LogP contribution in [0.2, 0.25) is 0 Å². The van der Waals surface area contributed by atoms with Crippen LogP contribution >= 0.6 is 0 Å². The summed E-state index contributed by atoms with van der Waals surface area (Å²) in [6.45, 7) is 1.93. The predicted octanol–water partition coefficient (Wildman–Crippen LogP) is 6.11. The number of methoxy groups -OCH3 is 2. The van der Waals surface area contributed by atoms with Gasteiger partial charge in [0.25, 0.3) is 0 Å². The van der Waals surface area contributed by atoms with Crippen molar-refractivity contribution in [3.05, 3.63) is 108 Å². The summed E-state index contributed by atoms with van der Waals surface area (Å²) < 4.78 is 19.1. The minimum Gasteiger partial charge on any atom is -0.497 e. The zero-order chi connectivity index (χ0) is 25.6. The highest BCUT2D eigenvalue weighted by Gasteiger charge is 2.31. The summed E-state index contributed by atoms with van der Waals surface area (Å²) in [6.07, 6.45) is 2.92. The number of amides is 2. The Labute approximate surface area is 217 Å². The molecule has 1 aliphatic heterocycles. The van der Waals surface area contributed by atoms with Gasteiger partial charge in [-0.2, -0.15) is 0 Å². The molecular formula is C30H31N3O4. The van der Waals surface area contributed by atoms with Crippen LogP contribution in [-0.2, 0) is 13.2 Å². The quantitative estimate of drug-likeness (QED) is 0.335. The molecule has 0 radical (unpaired) electrons. The first-order chi connectivity index (χ1) is 18.2. The number of urea groups is 1. The zero-order valence-electron chi connectivity index (χ0n) is 21.1. The van der Waals surface area contributed by atoms with Crippen LogP contribution in [0.4, 0.5) is 10.5 Å². The number of aryl methyl sites for hydroxylation is 1. The van der Waals surface area contributed by atoms with Crippen molar-refractivity contribution in [2.75, 3.05) is 26.1 Å².